The van der Waals surface area contributed by atoms with Crippen molar-refractivity contribution in [2.24, 2.45) is 5.92 Å². The van der Waals surface area contributed by atoms with Crippen molar-refractivity contribution in [1.82, 2.24) is 5.32 Å². The summed E-state index contributed by atoms with van der Waals surface area (Å²) in [5, 5.41) is 7.30. The first-order valence-corrected chi connectivity index (χ1v) is 5.91. The zero-order chi connectivity index (χ0) is 11.3. The third kappa shape index (κ3) is 3.64. The molecule has 0 fully saturated rings. The van der Waals surface area contributed by atoms with Crippen molar-refractivity contribution in [3.05, 3.63) is 22.4 Å². The second kappa shape index (κ2) is 5.88. The molecule has 0 radical (unpaired) electrons. The normalized spacial score (nSPS) is 12.8. The Labute approximate surface area is 94.5 Å². The summed E-state index contributed by atoms with van der Waals surface area (Å²) in [5.74, 6) is 0.0383. The summed E-state index contributed by atoms with van der Waals surface area (Å²) >= 11 is 1.66. The van der Waals surface area contributed by atoms with Gasteiger partial charge in [-0.3, -0.25) is 4.79 Å². The van der Waals surface area contributed by atoms with Crippen molar-refractivity contribution in [3.8, 4) is 0 Å². The lowest BCUT2D eigenvalue weighted by molar-refractivity contribution is -0.144. The Balaban J connectivity index is 2.49. The number of carbonyl (C=O) groups excluding carboxylic acids is 1. The first-order chi connectivity index (χ1) is 7.15. The number of thiophene rings is 1. The highest BCUT2D eigenvalue weighted by atomic mass is 32.1. The average Bonchev–Trinajstić information content (AvgIpc) is 2.70. The molecule has 0 spiro atoms. The number of carbonyl (C=O) groups is 1. The van der Waals surface area contributed by atoms with Crippen molar-refractivity contribution in [2.45, 2.75) is 26.4 Å². The van der Waals surface area contributed by atoms with Crippen LogP contribution in [-0.2, 0) is 16.1 Å². The molecule has 1 heterocycles. The summed E-state index contributed by atoms with van der Waals surface area (Å²) in [7, 11) is 1.42. The Morgan fingerprint density at radius 3 is 2.80 bits per heavy atom. The minimum atomic E-state index is -0.227. The summed E-state index contributed by atoms with van der Waals surface area (Å²) in [6.45, 7) is 4.71. The van der Waals surface area contributed by atoms with Gasteiger partial charge in [0, 0.05) is 6.54 Å². The highest BCUT2D eigenvalue weighted by Crippen LogP contribution is 2.08. The second-order valence-corrected chi connectivity index (χ2v) is 4.54. The molecule has 0 aliphatic heterocycles. The number of esters is 1. The smallest absolute Gasteiger partial charge is 0.323 e. The fraction of sp³-hybridized carbons (Fsp3) is 0.545. The van der Waals surface area contributed by atoms with Gasteiger partial charge in [0.15, 0.2) is 0 Å². The van der Waals surface area contributed by atoms with Gasteiger partial charge in [0.05, 0.1) is 7.11 Å². The molecule has 84 valence electrons. The van der Waals surface area contributed by atoms with Gasteiger partial charge in [0.1, 0.15) is 6.04 Å². The van der Waals surface area contributed by atoms with Crippen LogP contribution in [0.4, 0.5) is 0 Å². The van der Waals surface area contributed by atoms with Gasteiger partial charge in [-0.05, 0) is 28.3 Å². The molecule has 0 aliphatic carbocycles. The summed E-state index contributed by atoms with van der Waals surface area (Å²) < 4.78 is 4.74. The van der Waals surface area contributed by atoms with Crippen molar-refractivity contribution in [2.75, 3.05) is 7.11 Å². The van der Waals surface area contributed by atoms with Gasteiger partial charge in [-0.25, -0.2) is 0 Å². The third-order valence-corrected chi connectivity index (χ3v) is 2.96. The quantitative estimate of drug-likeness (QED) is 0.782. The molecule has 3 nitrogen and oxygen atoms in total. The molecule has 1 atom stereocenters. The molecule has 1 aromatic rings. The number of nitrogens with one attached hydrogen (secondary N) is 1. The predicted octanol–water partition coefficient (Wildman–Crippen LogP) is 2.04. The van der Waals surface area contributed by atoms with E-state index in [1.54, 1.807) is 11.3 Å². The van der Waals surface area contributed by atoms with Crippen molar-refractivity contribution in [3.63, 3.8) is 0 Å². The van der Waals surface area contributed by atoms with Gasteiger partial charge in [-0.1, -0.05) is 13.8 Å². The lowest BCUT2D eigenvalue weighted by Gasteiger charge is -2.19. The van der Waals surface area contributed by atoms with Crippen molar-refractivity contribution >= 4 is 17.3 Å². The lowest BCUT2D eigenvalue weighted by Crippen LogP contribution is -2.41. The number of methoxy groups -OCH3 is 1. The van der Waals surface area contributed by atoms with E-state index in [1.165, 1.54) is 12.7 Å². The first-order valence-electron chi connectivity index (χ1n) is 4.97. The molecule has 1 aromatic heterocycles. The van der Waals surface area contributed by atoms with Crippen LogP contribution in [0.25, 0.3) is 0 Å². The highest BCUT2D eigenvalue weighted by molar-refractivity contribution is 7.07. The van der Waals surface area contributed by atoms with Crippen LogP contribution in [0.1, 0.15) is 19.4 Å². The molecule has 0 aliphatic rings. The maximum absolute atomic E-state index is 11.4. The maximum Gasteiger partial charge on any atom is 0.323 e. The number of hydrogen-bond acceptors (Lipinski definition) is 4. The van der Waals surface area contributed by atoms with E-state index in [-0.39, 0.29) is 17.9 Å². The fourth-order valence-corrected chi connectivity index (χ4v) is 2.01. The van der Waals surface area contributed by atoms with E-state index in [1.807, 2.05) is 25.3 Å². The molecular formula is C11H17NO2S. The highest BCUT2D eigenvalue weighted by Gasteiger charge is 2.21. The van der Waals surface area contributed by atoms with Crippen LogP contribution in [0, 0.1) is 5.92 Å². The summed E-state index contributed by atoms with van der Waals surface area (Å²) in [6, 6.07) is 1.82. The summed E-state index contributed by atoms with van der Waals surface area (Å²) in [5.41, 5.74) is 1.20. The lowest BCUT2D eigenvalue weighted by atomic mass is 10.0. The fourth-order valence-electron chi connectivity index (χ4n) is 1.34. The van der Waals surface area contributed by atoms with Crippen LogP contribution in [0.5, 0.6) is 0 Å². The van der Waals surface area contributed by atoms with E-state index in [0.29, 0.717) is 6.54 Å². The molecule has 0 saturated carbocycles. The molecule has 1 rings (SSSR count). The van der Waals surface area contributed by atoms with E-state index >= 15 is 0 Å². The summed E-state index contributed by atoms with van der Waals surface area (Å²) in [4.78, 5) is 11.4. The maximum atomic E-state index is 11.4. The molecule has 0 saturated heterocycles. The van der Waals surface area contributed by atoms with Gasteiger partial charge in [-0.15, -0.1) is 0 Å². The van der Waals surface area contributed by atoms with Gasteiger partial charge in [-0.2, -0.15) is 11.3 Å². The molecule has 15 heavy (non-hydrogen) atoms. The monoisotopic (exact) mass is 227 g/mol. The van der Waals surface area contributed by atoms with Crippen LogP contribution in [-0.4, -0.2) is 19.1 Å². The van der Waals surface area contributed by atoms with Crippen LogP contribution >= 0.6 is 11.3 Å². The van der Waals surface area contributed by atoms with Gasteiger partial charge in [0.25, 0.3) is 0 Å². The Kier molecular flexibility index (Phi) is 4.78. The minimum Gasteiger partial charge on any atom is -0.468 e. The largest absolute Gasteiger partial charge is 0.468 e. The van der Waals surface area contributed by atoms with Crippen molar-refractivity contribution < 1.29 is 9.53 Å². The van der Waals surface area contributed by atoms with Crippen molar-refractivity contribution in [1.29, 1.82) is 0 Å². The molecule has 0 unspecified atom stereocenters. The molecule has 0 amide bonds. The van der Waals surface area contributed by atoms with Crippen LogP contribution in [0.2, 0.25) is 0 Å². The van der Waals surface area contributed by atoms with Crippen LogP contribution in [0.3, 0.4) is 0 Å². The topological polar surface area (TPSA) is 38.3 Å². The van der Waals surface area contributed by atoms with E-state index in [9.17, 15) is 4.79 Å². The third-order valence-electron chi connectivity index (χ3n) is 2.23. The molecule has 0 bridgehead atoms. The van der Waals surface area contributed by atoms with Crippen LogP contribution < -0.4 is 5.32 Å². The Morgan fingerprint density at radius 2 is 2.33 bits per heavy atom. The van der Waals surface area contributed by atoms with Gasteiger partial charge >= 0.3 is 5.97 Å². The van der Waals surface area contributed by atoms with E-state index in [4.69, 9.17) is 4.74 Å². The van der Waals surface area contributed by atoms with Gasteiger partial charge in [0.2, 0.25) is 0 Å². The zero-order valence-electron chi connectivity index (χ0n) is 9.32. The number of ether oxygens (including phenoxy) is 1. The molecule has 4 heteroatoms. The predicted molar refractivity (Wildman–Crippen MR) is 61.8 cm³/mol. The Hall–Kier alpha value is -0.870. The number of rotatable bonds is 5. The zero-order valence-corrected chi connectivity index (χ0v) is 10.1. The average molecular weight is 227 g/mol. The SMILES string of the molecule is COC(=O)[C@@H](NCc1ccsc1)C(C)C. The van der Waals surface area contributed by atoms with Crippen LogP contribution in [0.15, 0.2) is 16.8 Å². The van der Waals surface area contributed by atoms with E-state index in [2.05, 4.69) is 10.7 Å². The molecule has 0 aromatic carbocycles. The first kappa shape index (κ1) is 12.2. The second-order valence-electron chi connectivity index (χ2n) is 3.76. The summed E-state index contributed by atoms with van der Waals surface area (Å²) in [6.07, 6.45) is 0. The van der Waals surface area contributed by atoms with E-state index in [0.717, 1.165) is 0 Å². The van der Waals surface area contributed by atoms with E-state index < -0.39 is 0 Å². The Morgan fingerprint density at radius 1 is 1.60 bits per heavy atom. The van der Waals surface area contributed by atoms with Gasteiger partial charge < -0.3 is 10.1 Å². The molecule has 1 N–H and O–H groups in total. The number of hydrogen-bond donors (Lipinski definition) is 1. The standard InChI is InChI=1S/C11H17NO2S/c1-8(2)10(11(13)14-3)12-6-9-4-5-15-7-9/h4-5,7-8,10,12H,6H2,1-3H3/t10-/m0/s1. The Bertz CT molecular complexity index is 296. The molecular weight excluding hydrogens is 210 g/mol. The minimum absolute atomic E-state index is 0.194.